The van der Waals surface area contributed by atoms with E-state index >= 15 is 0 Å². The Morgan fingerprint density at radius 2 is 1.69 bits per heavy atom. The summed E-state index contributed by atoms with van der Waals surface area (Å²) in [5.41, 5.74) is 0.0559. The number of nitrogens with one attached hydrogen (secondary N) is 2. The summed E-state index contributed by atoms with van der Waals surface area (Å²) in [5, 5.41) is 5.71. The zero-order valence-electron chi connectivity index (χ0n) is 20.7. The molecule has 0 spiro atoms. The normalized spacial score (nSPS) is 14.1. The molecule has 0 fully saturated rings. The topological polar surface area (TPSA) is 87.7 Å². The maximum Gasteiger partial charge on any atom is 0.408 e. The molecule has 0 aliphatic heterocycles. The average Bonchev–Trinajstić information content (AvgIpc) is 2.74. The first-order valence-corrected chi connectivity index (χ1v) is 11.7. The van der Waals surface area contributed by atoms with Gasteiger partial charge in [-0.2, -0.15) is 0 Å². The number of hydrogen-bond acceptors (Lipinski definition) is 4. The molecule has 0 radical (unpaired) electrons. The minimum atomic E-state index is -0.801. The number of likely N-dealkylation sites (N-methyl/N-ethyl adjacent to an activating group) is 1. The fraction of sp³-hybridized carbons (Fsp3) is 0.640. The standard InChI is InChI=1S/C25H41N3O4/c1-8-11-17-26-22(29)21(19-15-13-12-14-16-19)28(10-3)23(30)20(18(4)9-2)27-24(31)32-25(5,6)7/h12-16,18,20-21H,8-11,17H2,1-7H3,(H,26,29)(H,27,31). The van der Waals surface area contributed by atoms with Gasteiger partial charge in [-0.05, 0) is 45.6 Å². The Labute approximate surface area is 193 Å². The van der Waals surface area contributed by atoms with Crippen molar-refractivity contribution >= 4 is 17.9 Å². The van der Waals surface area contributed by atoms with Gasteiger partial charge in [-0.25, -0.2) is 4.79 Å². The first-order valence-electron chi connectivity index (χ1n) is 11.7. The summed E-state index contributed by atoms with van der Waals surface area (Å²) < 4.78 is 5.38. The molecule has 3 unspecified atom stereocenters. The van der Waals surface area contributed by atoms with Crippen LogP contribution < -0.4 is 10.6 Å². The van der Waals surface area contributed by atoms with Gasteiger partial charge in [0.05, 0.1) is 0 Å². The molecule has 3 atom stereocenters. The number of amides is 3. The van der Waals surface area contributed by atoms with Crippen LogP contribution in [0.25, 0.3) is 0 Å². The van der Waals surface area contributed by atoms with E-state index in [1.807, 2.05) is 51.1 Å². The van der Waals surface area contributed by atoms with Gasteiger partial charge < -0.3 is 20.3 Å². The van der Waals surface area contributed by atoms with Gasteiger partial charge in [0.1, 0.15) is 17.7 Å². The Kier molecular flexibility index (Phi) is 11.2. The van der Waals surface area contributed by atoms with Crippen LogP contribution in [-0.2, 0) is 14.3 Å². The molecule has 0 saturated carbocycles. The molecule has 0 aromatic heterocycles. The van der Waals surface area contributed by atoms with Gasteiger partial charge in [-0.15, -0.1) is 0 Å². The predicted octanol–water partition coefficient (Wildman–Crippen LogP) is 4.43. The van der Waals surface area contributed by atoms with Crippen molar-refractivity contribution in [1.82, 2.24) is 15.5 Å². The molecule has 1 rings (SSSR count). The highest BCUT2D eigenvalue weighted by Crippen LogP contribution is 2.24. The van der Waals surface area contributed by atoms with Gasteiger partial charge >= 0.3 is 6.09 Å². The van der Waals surface area contributed by atoms with Gasteiger partial charge in [0.25, 0.3) is 0 Å². The number of benzene rings is 1. The second-order valence-electron chi connectivity index (χ2n) is 9.09. The van der Waals surface area contributed by atoms with Crippen LogP contribution in [-0.4, -0.2) is 47.5 Å². The van der Waals surface area contributed by atoms with Crippen molar-refractivity contribution in [3.63, 3.8) is 0 Å². The lowest BCUT2D eigenvalue weighted by atomic mass is 9.96. The van der Waals surface area contributed by atoms with Crippen molar-refractivity contribution < 1.29 is 19.1 Å². The number of nitrogens with zero attached hydrogens (tertiary/aromatic N) is 1. The molecule has 0 saturated heterocycles. The number of hydrogen-bond donors (Lipinski definition) is 2. The number of rotatable bonds is 11. The molecule has 7 nitrogen and oxygen atoms in total. The van der Waals surface area contributed by atoms with Crippen LogP contribution in [0.1, 0.15) is 79.3 Å². The van der Waals surface area contributed by atoms with E-state index < -0.39 is 23.8 Å². The van der Waals surface area contributed by atoms with E-state index in [9.17, 15) is 14.4 Å². The maximum atomic E-state index is 13.7. The van der Waals surface area contributed by atoms with Crippen LogP contribution in [0, 0.1) is 5.92 Å². The van der Waals surface area contributed by atoms with E-state index in [0.717, 1.165) is 18.4 Å². The van der Waals surface area contributed by atoms with Crippen LogP contribution in [0.3, 0.4) is 0 Å². The molecule has 3 amide bonds. The Balaban J connectivity index is 3.25. The molecule has 7 heteroatoms. The Bertz CT molecular complexity index is 730. The number of carbonyl (C=O) groups is 3. The summed E-state index contributed by atoms with van der Waals surface area (Å²) in [6.45, 7) is 14.0. The van der Waals surface area contributed by atoms with Crippen LogP contribution in [0.15, 0.2) is 30.3 Å². The van der Waals surface area contributed by atoms with Crippen molar-refractivity contribution in [2.75, 3.05) is 13.1 Å². The zero-order chi connectivity index (χ0) is 24.3. The lowest BCUT2D eigenvalue weighted by Gasteiger charge is -2.35. The summed E-state index contributed by atoms with van der Waals surface area (Å²) >= 11 is 0. The molecule has 180 valence electrons. The summed E-state index contributed by atoms with van der Waals surface area (Å²) in [7, 11) is 0. The molecular weight excluding hydrogens is 406 g/mol. The van der Waals surface area contributed by atoms with Gasteiger partial charge in [-0.1, -0.05) is 63.9 Å². The third-order valence-corrected chi connectivity index (χ3v) is 5.28. The highest BCUT2D eigenvalue weighted by molar-refractivity contribution is 5.92. The summed E-state index contributed by atoms with van der Waals surface area (Å²) in [5.74, 6) is -0.657. The average molecular weight is 448 g/mol. The van der Waals surface area contributed by atoms with Crippen LogP contribution in [0.2, 0.25) is 0 Å². The van der Waals surface area contributed by atoms with E-state index in [1.165, 1.54) is 0 Å². The largest absolute Gasteiger partial charge is 0.444 e. The third-order valence-electron chi connectivity index (χ3n) is 5.28. The lowest BCUT2D eigenvalue weighted by molar-refractivity contribution is -0.143. The fourth-order valence-corrected chi connectivity index (χ4v) is 3.36. The minimum Gasteiger partial charge on any atom is -0.444 e. The number of alkyl carbamates (subject to hydrolysis) is 1. The summed E-state index contributed by atoms with van der Waals surface area (Å²) in [6.07, 6.45) is 1.87. The van der Waals surface area contributed by atoms with E-state index in [0.29, 0.717) is 19.5 Å². The Hall–Kier alpha value is -2.57. The highest BCUT2D eigenvalue weighted by atomic mass is 16.6. The van der Waals surface area contributed by atoms with Gasteiger partial charge in [0.2, 0.25) is 11.8 Å². The second-order valence-corrected chi connectivity index (χ2v) is 9.09. The van der Waals surface area contributed by atoms with E-state index in [-0.39, 0.29) is 17.7 Å². The molecule has 32 heavy (non-hydrogen) atoms. The third kappa shape index (κ3) is 8.52. The van der Waals surface area contributed by atoms with Crippen LogP contribution >= 0.6 is 0 Å². The quantitative estimate of drug-likeness (QED) is 0.491. The van der Waals surface area contributed by atoms with Crippen molar-refractivity contribution in [1.29, 1.82) is 0 Å². The van der Waals surface area contributed by atoms with E-state index in [1.54, 1.807) is 25.7 Å². The first kappa shape index (κ1) is 27.5. The molecule has 0 aliphatic carbocycles. The van der Waals surface area contributed by atoms with Crippen molar-refractivity contribution in [2.24, 2.45) is 5.92 Å². The molecule has 1 aromatic rings. The van der Waals surface area contributed by atoms with Gasteiger partial charge in [0, 0.05) is 13.1 Å². The number of carbonyl (C=O) groups excluding carboxylic acids is 3. The van der Waals surface area contributed by atoms with Gasteiger partial charge in [0.15, 0.2) is 0 Å². The molecule has 0 aliphatic rings. The molecule has 2 N–H and O–H groups in total. The van der Waals surface area contributed by atoms with Gasteiger partial charge in [-0.3, -0.25) is 9.59 Å². The Morgan fingerprint density at radius 3 is 2.19 bits per heavy atom. The lowest BCUT2D eigenvalue weighted by Crippen LogP contribution is -2.55. The van der Waals surface area contributed by atoms with Crippen molar-refractivity contribution in [2.45, 2.75) is 85.4 Å². The number of unbranched alkanes of at least 4 members (excludes halogenated alkanes) is 1. The summed E-state index contributed by atoms with van der Waals surface area (Å²) in [6, 6.07) is 7.69. The van der Waals surface area contributed by atoms with Crippen LogP contribution in [0.5, 0.6) is 0 Å². The molecule has 0 heterocycles. The van der Waals surface area contributed by atoms with Crippen LogP contribution in [0.4, 0.5) is 4.79 Å². The fourth-order valence-electron chi connectivity index (χ4n) is 3.36. The minimum absolute atomic E-state index is 0.136. The number of ether oxygens (including phenoxy) is 1. The predicted molar refractivity (Wildman–Crippen MR) is 127 cm³/mol. The SMILES string of the molecule is CCCCNC(=O)C(c1ccccc1)N(CC)C(=O)C(NC(=O)OC(C)(C)C)C(C)CC. The van der Waals surface area contributed by atoms with Crippen molar-refractivity contribution in [3.05, 3.63) is 35.9 Å². The molecular formula is C25H41N3O4. The molecule has 1 aromatic carbocycles. The molecule has 0 bridgehead atoms. The summed E-state index contributed by atoms with van der Waals surface area (Å²) in [4.78, 5) is 40.9. The highest BCUT2D eigenvalue weighted by Gasteiger charge is 2.37. The zero-order valence-corrected chi connectivity index (χ0v) is 20.7. The maximum absolute atomic E-state index is 13.7. The first-order chi connectivity index (χ1) is 15.1. The van der Waals surface area contributed by atoms with E-state index in [4.69, 9.17) is 4.74 Å². The van der Waals surface area contributed by atoms with Crippen molar-refractivity contribution in [3.8, 4) is 0 Å². The second kappa shape index (κ2) is 13.1. The smallest absolute Gasteiger partial charge is 0.408 e. The Morgan fingerprint density at radius 1 is 1.06 bits per heavy atom. The monoisotopic (exact) mass is 447 g/mol. The van der Waals surface area contributed by atoms with E-state index in [2.05, 4.69) is 17.6 Å².